The van der Waals surface area contributed by atoms with Crippen molar-refractivity contribution in [1.82, 2.24) is 9.55 Å². The van der Waals surface area contributed by atoms with Crippen LogP contribution in [0.4, 0.5) is 5.69 Å². The molecule has 0 saturated heterocycles. The highest BCUT2D eigenvalue weighted by Crippen LogP contribution is 2.22. The van der Waals surface area contributed by atoms with Crippen molar-refractivity contribution in [2.24, 2.45) is 0 Å². The van der Waals surface area contributed by atoms with Gasteiger partial charge in [-0.1, -0.05) is 18.2 Å². The summed E-state index contributed by atoms with van der Waals surface area (Å²) in [4.78, 5) is 16.9. The molecule has 0 saturated carbocycles. The van der Waals surface area contributed by atoms with Crippen molar-refractivity contribution < 1.29 is 4.79 Å². The van der Waals surface area contributed by atoms with Gasteiger partial charge < -0.3 is 9.88 Å². The van der Waals surface area contributed by atoms with Crippen molar-refractivity contribution >= 4 is 22.6 Å². The molecule has 4 heteroatoms. The van der Waals surface area contributed by atoms with Crippen molar-refractivity contribution in [3.05, 3.63) is 59.9 Å². The number of rotatable bonds is 3. The first-order valence-electron chi connectivity index (χ1n) is 7.41. The molecule has 0 unspecified atom stereocenters. The Bertz CT molecular complexity index is 819. The monoisotopic (exact) mass is 293 g/mol. The summed E-state index contributed by atoms with van der Waals surface area (Å²) in [5.41, 5.74) is 3.32. The number of anilines is 1. The summed E-state index contributed by atoms with van der Waals surface area (Å²) < 4.78 is 2.17. The SMILES string of the molecule is Cc1nc2cc(C(=O)Nc3ccccc3)ccc2n1C(C)C. The number of fused-ring (bicyclic) bond motifs is 1. The number of nitrogens with one attached hydrogen (secondary N) is 1. The molecular formula is C18H19N3O. The summed E-state index contributed by atoms with van der Waals surface area (Å²) in [6.07, 6.45) is 0. The number of hydrogen-bond acceptors (Lipinski definition) is 2. The highest BCUT2D eigenvalue weighted by atomic mass is 16.1. The zero-order chi connectivity index (χ0) is 15.7. The van der Waals surface area contributed by atoms with Gasteiger partial charge in [-0.25, -0.2) is 4.98 Å². The summed E-state index contributed by atoms with van der Waals surface area (Å²) in [6.45, 7) is 6.25. The normalized spacial score (nSPS) is 11.1. The first-order chi connectivity index (χ1) is 10.6. The molecule has 0 bridgehead atoms. The van der Waals surface area contributed by atoms with Crippen LogP contribution in [0.2, 0.25) is 0 Å². The Labute approximate surface area is 129 Å². The molecule has 1 heterocycles. The van der Waals surface area contributed by atoms with E-state index in [0.717, 1.165) is 22.5 Å². The fourth-order valence-corrected chi connectivity index (χ4v) is 2.74. The number of hydrogen-bond donors (Lipinski definition) is 1. The van der Waals surface area contributed by atoms with E-state index >= 15 is 0 Å². The lowest BCUT2D eigenvalue weighted by molar-refractivity contribution is 0.102. The first kappa shape index (κ1) is 14.3. The van der Waals surface area contributed by atoms with Crippen molar-refractivity contribution in [3.8, 4) is 0 Å². The zero-order valence-electron chi connectivity index (χ0n) is 13.0. The van der Waals surface area contributed by atoms with Gasteiger partial charge in [0.25, 0.3) is 5.91 Å². The number of aromatic nitrogens is 2. The molecule has 0 spiro atoms. The van der Waals surface area contributed by atoms with E-state index in [9.17, 15) is 4.79 Å². The third-order valence-corrected chi connectivity index (χ3v) is 3.68. The predicted octanol–water partition coefficient (Wildman–Crippen LogP) is 4.18. The molecule has 1 aromatic heterocycles. The quantitative estimate of drug-likeness (QED) is 0.787. The third kappa shape index (κ3) is 2.60. The molecule has 3 aromatic rings. The highest BCUT2D eigenvalue weighted by Gasteiger charge is 2.13. The summed E-state index contributed by atoms with van der Waals surface area (Å²) in [5, 5.41) is 2.89. The van der Waals surface area contributed by atoms with Crippen LogP contribution in [0.3, 0.4) is 0 Å². The van der Waals surface area contributed by atoms with Crippen molar-refractivity contribution in [1.29, 1.82) is 0 Å². The van der Waals surface area contributed by atoms with Gasteiger partial charge in [0.15, 0.2) is 0 Å². The number of aryl methyl sites for hydroxylation is 1. The van der Waals surface area contributed by atoms with Crippen LogP contribution in [-0.2, 0) is 0 Å². The molecule has 112 valence electrons. The molecule has 0 atom stereocenters. The van der Waals surface area contributed by atoms with Crippen LogP contribution in [0.25, 0.3) is 11.0 Å². The maximum atomic E-state index is 12.3. The minimum absolute atomic E-state index is 0.121. The molecule has 1 N–H and O–H groups in total. The molecule has 4 nitrogen and oxygen atoms in total. The molecule has 3 rings (SSSR count). The van der Waals surface area contributed by atoms with Gasteiger partial charge in [-0.2, -0.15) is 0 Å². The van der Waals surface area contributed by atoms with E-state index in [0.29, 0.717) is 11.6 Å². The number of imidazole rings is 1. The number of carbonyl (C=O) groups is 1. The van der Waals surface area contributed by atoms with E-state index in [-0.39, 0.29) is 5.91 Å². The van der Waals surface area contributed by atoms with E-state index in [2.05, 4.69) is 28.7 Å². The largest absolute Gasteiger partial charge is 0.326 e. The van der Waals surface area contributed by atoms with Gasteiger partial charge in [0.05, 0.1) is 11.0 Å². The van der Waals surface area contributed by atoms with Gasteiger partial charge in [-0.3, -0.25) is 4.79 Å². The van der Waals surface area contributed by atoms with E-state index in [1.54, 1.807) is 0 Å². The van der Waals surface area contributed by atoms with Crippen molar-refractivity contribution in [2.45, 2.75) is 26.8 Å². The molecule has 0 aliphatic heterocycles. The van der Waals surface area contributed by atoms with Crippen molar-refractivity contribution in [3.63, 3.8) is 0 Å². The van der Waals surface area contributed by atoms with Crippen LogP contribution in [0, 0.1) is 6.92 Å². The fourth-order valence-electron chi connectivity index (χ4n) is 2.74. The van der Waals surface area contributed by atoms with E-state index in [1.807, 2.05) is 55.5 Å². The van der Waals surface area contributed by atoms with Crippen molar-refractivity contribution in [2.75, 3.05) is 5.32 Å². The number of nitrogens with zero attached hydrogens (tertiary/aromatic N) is 2. The van der Waals surface area contributed by atoms with Gasteiger partial charge in [-0.05, 0) is 51.1 Å². The summed E-state index contributed by atoms with van der Waals surface area (Å²) in [5.74, 6) is 0.843. The molecule has 0 radical (unpaired) electrons. The number of benzene rings is 2. The molecule has 0 aliphatic carbocycles. The average Bonchev–Trinajstić information content (AvgIpc) is 2.83. The van der Waals surface area contributed by atoms with Gasteiger partial charge in [0.1, 0.15) is 5.82 Å². The highest BCUT2D eigenvalue weighted by molar-refractivity contribution is 6.05. The molecule has 0 aliphatic rings. The lowest BCUT2D eigenvalue weighted by Gasteiger charge is -2.10. The lowest BCUT2D eigenvalue weighted by Crippen LogP contribution is -2.11. The first-order valence-corrected chi connectivity index (χ1v) is 7.41. The maximum Gasteiger partial charge on any atom is 0.255 e. The number of amides is 1. The Morgan fingerprint density at radius 2 is 1.86 bits per heavy atom. The van der Waals surface area contributed by atoms with Crippen LogP contribution in [0.5, 0.6) is 0 Å². The standard InChI is InChI=1S/C18H19N3O/c1-12(2)21-13(3)19-16-11-14(9-10-17(16)21)18(22)20-15-7-5-4-6-8-15/h4-12H,1-3H3,(H,20,22). The summed E-state index contributed by atoms with van der Waals surface area (Å²) in [7, 11) is 0. The number of carbonyl (C=O) groups excluding carboxylic acids is 1. The second-order valence-corrected chi connectivity index (χ2v) is 5.65. The zero-order valence-corrected chi connectivity index (χ0v) is 13.0. The smallest absolute Gasteiger partial charge is 0.255 e. The van der Waals surface area contributed by atoms with E-state index in [4.69, 9.17) is 0 Å². The predicted molar refractivity (Wildman–Crippen MR) is 89.3 cm³/mol. The average molecular weight is 293 g/mol. The van der Waals surface area contributed by atoms with Crippen LogP contribution in [0.1, 0.15) is 36.1 Å². The number of para-hydroxylation sites is 1. The molecule has 1 amide bonds. The minimum Gasteiger partial charge on any atom is -0.326 e. The Morgan fingerprint density at radius 3 is 2.55 bits per heavy atom. The molecule has 0 fully saturated rings. The molecular weight excluding hydrogens is 274 g/mol. The Hall–Kier alpha value is -2.62. The topological polar surface area (TPSA) is 46.9 Å². The summed E-state index contributed by atoms with van der Waals surface area (Å²) >= 11 is 0. The van der Waals surface area contributed by atoms with E-state index < -0.39 is 0 Å². The van der Waals surface area contributed by atoms with Crippen LogP contribution in [-0.4, -0.2) is 15.5 Å². The molecule has 2 aromatic carbocycles. The Kier molecular flexibility index (Phi) is 3.67. The van der Waals surface area contributed by atoms with Crippen LogP contribution < -0.4 is 5.32 Å². The summed E-state index contributed by atoms with van der Waals surface area (Å²) in [6, 6.07) is 15.5. The minimum atomic E-state index is -0.121. The molecule has 22 heavy (non-hydrogen) atoms. The lowest BCUT2D eigenvalue weighted by atomic mass is 10.1. The van der Waals surface area contributed by atoms with Crippen LogP contribution in [0.15, 0.2) is 48.5 Å². The fraction of sp³-hybridized carbons (Fsp3) is 0.222. The Balaban J connectivity index is 1.94. The van der Waals surface area contributed by atoms with Gasteiger partial charge >= 0.3 is 0 Å². The second kappa shape index (κ2) is 5.64. The Morgan fingerprint density at radius 1 is 1.14 bits per heavy atom. The van der Waals surface area contributed by atoms with Gasteiger partial charge in [0, 0.05) is 17.3 Å². The van der Waals surface area contributed by atoms with E-state index in [1.165, 1.54) is 0 Å². The maximum absolute atomic E-state index is 12.3. The second-order valence-electron chi connectivity index (χ2n) is 5.65. The van der Waals surface area contributed by atoms with Gasteiger partial charge in [-0.15, -0.1) is 0 Å². The van der Waals surface area contributed by atoms with Crippen LogP contribution >= 0.6 is 0 Å². The third-order valence-electron chi connectivity index (χ3n) is 3.68. The van der Waals surface area contributed by atoms with Gasteiger partial charge in [0.2, 0.25) is 0 Å².